The summed E-state index contributed by atoms with van der Waals surface area (Å²) in [4.78, 5) is 22.9. The van der Waals surface area contributed by atoms with Crippen LogP contribution in [0.2, 0.25) is 0 Å². The largest absolute Gasteiger partial charge is 0.480 e. The second-order valence-corrected chi connectivity index (χ2v) is 5.35. The van der Waals surface area contributed by atoms with Gasteiger partial charge in [-0.1, -0.05) is 26.7 Å². The molecule has 110 valence electrons. The second kappa shape index (κ2) is 7.53. The number of hydrogen-bond acceptors (Lipinski definition) is 4. The fourth-order valence-corrected chi connectivity index (χ4v) is 2.17. The molecule has 20 heavy (non-hydrogen) atoms. The molecule has 1 atom stereocenters. The molecule has 3 N–H and O–H groups in total. The Morgan fingerprint density at radius 1 is 1.35 bits per heavy atom. The van der Waals surface area contributed by atoms with Crippen LogP contribution in [-0.4, -0.2) is 29.1 Å². The number of aliphatic carboxylic acids is 1. The maximum Gasteiger partial charge on any atom is 0.326 e. The van der Waals surface area contributed by atoms with Crippen LogP contribution in [0.4, 0.5) is 0 Å². The first-order chi connectivity index (χ1) is 9.45. The van der Waals surface area contributed by atoms with Gasteiger partial charge in [-0.2, -0.15) is 5.26 Å². The van der Waals surface area contributed by atoms with E-state index in [1.807, 2.05) is 0 Å². The Bertz CT molecular complexity index is 431. The van der Waals surface area contributed by atoms with Crippen LogP contribution in [-0.2, 0) is 9.59 Å². The average molecular weight is 279 g/mol. The molecule has 1 fully saturated rings. The lowest BCUT2D eigenvalue weighted by Gasteiger charge is -2.17. The monoisotopic (exact) mass is 279 g/mol. The smallest absolute Gasteiger partial charge is 0.326 e. The minimum absolute atomic E-state index is 0.0937. The molecule has 1 aliphatic carbocycles. The molecule has 1 saturated carbocycles. The standard InChI is InChI=1S/C14H21N3O3/c1-9(2)12(14(19)20)17-13(18)10(7-15)8-16-11-5-3-4-6-11/h8-9,11-12,16H,3-6H2,1-2H3,(H,17,18)(H,19,20)/b10-8-. The van der Waals surface area contributed by atoms with E-state index in [4.69, 9.17) is 10.4 Å². The van der Waals surface area contributed by atoms with Crippen molar-refractivity contribution in [2.45, 2.75) is 51.6 Å². The van der Waals surface area contributed by atoms with Crippen molar-refractivity contribution in [2.75, 3.05) is 0 Å². The minimum Gasteiger partial charge on any atom is -0.480 e. The van der Waals surface area contributed by atoms with Crippen LogP contribution in [0.1, 0.15) is 39.5 Å². The Hall–Kier alpha value is -2.03. The summed E-state index contributed by atoms with van der Waals surface area (Å²) >= 11 is 0. The predicted molar refractivity (Wildman–Crippen MR) is 73.5 cm³/mol. The van der Waals surface area contributed by atoms with Gasteiger partial charge in [0.2, 0.25) is 0 Å². The lowest BCUT2D eigenvalue weighted by molar-refractivity contribution is -0.142. The highest BCUT2D eigenvalue weighted by atomic mass is 16.4. The fraction of sp³-hybridized carbons (Fsp3) is 0.643. The number of carboxylic acids is 1. The lowest BCUT2D eigenvalue weighted by atomic mass is 10.0. The number of carboxylic acid groups (broad SMARTS) is 1. The van der Waals surface area contributed by atoms with Gasteiger partial charge in [0.25, 0.3) is 5.91 Å². The van der Waals surface area contributed by atoms with Crippen molar-refractivity contribution in [3.05, 3.63) is 11.8 Å². The molecule has 0 bridgehead atoms. The van der Waals surface area contributed by atoms with Gasteiger partial charge < -0.3 is 15.7 Å². The number of carbonyl (C=O) groups is 2. The Morgan fingerprint density at radius 3 is 2.40 bits per heavy atom. The van der Waals surface area contributed by atoms with Crippen LogP contribution in [0.5, 0.6) is 0 Å². The normalized spacial score (nSPS) is 17.6. The van der Waals surface area contributed by atoms with Gasteiger partial charge in [0.1, 0.15) is 17.7 Å². The molecular formula is C14H21N3O3. The van der Waals surface area contributed by atoms with Crippen LogP contribution < -0.4 is 10.6 Å². The number of nitrogens with zero attached hydrogens (tertiary/aromatic N) is 1. The van der Waals surface area contributed by atoms with Crippen LogP contribution in [0.25, 0.3) is 0 Å². The first-order valence-corrected chi connectivity index (χ1v) is 6.85. The molecular weight excluding hydrogens is 258 g/mol. The molecule has 1 aliphatic rings. The highest BCUT2D eigenvalue weighted by Crippen LogP contribution is 2.17. The molecule has 0 aromatic carbocycles. The lowest BCUT2D eigenvalue weighted by Crippen LogP contribution is -2.45. The molecule has 0 aliphatic heterocycles. The van der Waals surface area contributed by atoms with E-state index in [1.165, 1.54) is 6.20 Å². The summed E-state index contributed by atoms with van der Waals surface area (Å²) in [6, 6.07) is 1.11. The third-order valence-electron chi connectivity index (χ3n) is 3.40. The zero-order valence-electron chi connectivity index (χ0n) is 11.8. The summed E-state index contributed by atoms with van der Waals surface area (Å²) in [5.74, 6) is -2.01. The first-order valence-electron chi connectivity index (χ1n) is 6.85. The number of nitrogens with one attached hydrogen (secondary N) is 2. The number of hydrogen-bond donors (Lipinski definition) is 3. The summed E-state index contributed by atoms with van der Waals surface area (Å²) in [6.07, 6.45) is 5.74. The second-order valence-electron chi connectivity index (χ2n) is 5.35. The molecule has 0 aromatic rings. The van der Waals surface area contributed by atoms with Crippen LogP contribution in [0, 0.1) is 17.2 Å². The third-order valence-corrected chi connectivity index (χ3v) is 3.40. The predicted octanol–water partition coefficient (Wildman–Crippen LogP) is 1.15. The first kappa shape index (κ1) is 16.0. The summed E-state index contributed by atoms with van der Waals surface area (Å²) in [6.45, 7) is 3.40. The Balaban J connectivity index is 2.64. The van der Waals surface area contributed by atoms with E-state index in [-0.39, 0.29) is 11.5 Å². The number of amides is 1. The maximum atomic E-state index is 11.9. The average Bonchev–Trinajstić information content (AvgIpc) is 2.89. The summed E-state index contributed by atoms with van der Waals surface area (Å²) in [7, 11) is 0. The van der Waals surface area contributed by atoms with Crippen molar-refractivity contribution in [1.29, 1.82) is 5.26 Å². The Morgan fingerprint density at radius 2 is 1.95 bits per heavy atom. The molecule has 0 spiro atoms. The van der Waals surface area contributed by atoms with Gasteiger partial charge in [-0.05, 0) is 18.8 Å². The third kappa shape index (κ3) is 4.57. The van der Waals surface area contributed by atoms with Crippen molar-refractivity contribution in [2.24, 2.45) is 5.92 Å². The van der Waals surface area contributed by atoms with E-state index in [2.05, 4.69) is 10.6 Å². The highest BCUT2D eigenvalue weighted by Gasteiger charge is 2.25. The molecule has 6 nitrogen and oxygen atoms in total. The van der Waals surface area contributed by atoms with Gasteiger partial charge in [-0.3, -0.25) is 4.79 Å². The summed E-state index contributed by atoms with van der Waals surface area (Å²) in [5.41, 5.74) is -0.0937. The van der Waals surface area contributed by atoms with Gasteiger partial charge in [0.05, 0.1) is 0 Å². The van der Waals surface area contributed by atoms with Gasteiger partial charge >= 0.3 is 5.97 Å². The quantitative estimate of drug-likeness (QED) is 0.500. The van der Waals surface area contributed by atoms with Crippen LogP contribution in [0.3, 0.4) is 0 Å². The topological polar surface area (TPSA) is 102 Å². The number of rotatable bonds is 6. The van der Waals surface area contributed by atoms with Gasteiger partial charge in [0, 0.05) is 12.2 Å². The number of carbonyl (C=O) groups excluding carboxylic acids is 1. The van der Waals surface area contributed by atoms with Gasteiger partial charge in [0.15, 0.2) is 0 Å². The van der Waals surface area contributed by atoms with E-state index < -0.39 is 17.9 Å². The Labute approximate surface area is 118 Å². The molecule has 0 radical (unpaired) electrons. The van der Waals surface area contributed by atoms with Crippen molar-refractivity contribution in [3.63, 3.8) is 0 Å². The molecule has 0 saturated heterocycles. The summed E-state index contributed by atoms with van der Waals surface area (Å²) < 4.78 is 0. The van der Waals surface area contributed by atoms with Crippen molar-refractivity contribution >= 4 is 11.9 Å². The van der Waals surface area contributed by atoms with E-state index in [0.29, 0.717) is 6.04 Å². The zero-order chi connectivity index (χ0) is 15.1. The minimum atomic E-state index is -1.10. The molecule has 6 heteroatoms. The van der Waals surface area contributed by atoms with Crippen LogP contribution in [0.15, 0.2) is 11.8 Å². The zero-order valence-corrected chi connectivity index (χ0v) is 11.8. The van der Waals surface area contributed by atoms with E-state index in [9.17, 15) is 9.59 Å². The molecule has 0 aromatic heterocycles. The van der Waals surface area contributed by atoms with Crippen LogP contribution >= 0.6 is 0 Å². The Kier molecular flexibility index (Phi) is 6.04. The van der Waals surface area contributed by atoms with Crippen molar-refractivity contribution in [3.8, 4) is 6.07 Å². The fourth-order valence-electron chi connectivity index (χ4n) is 2.17. The van der Waals surface area contributed by atoms with Crippen molar-refractivity contribution < 1.29 is 14.7 Å². The molecule has 1 amide bonds. The SMILES string of the molecule is CC(C)C(NC(=O)/C(C#N)=C\NC1CCCC1)C(=O)O. The van der Waals surface area contributed by atoms with Gasteiger partial charge in [-0.15, -0.1) is 0 Å². The number of nitriles is 1. The van der Waals surface area contributed by atoms with E-state index in [0.717, 1.165) is 25.7 Å². The van der Waals surface area contributed by atoms with E-state index >= 15 is 0 Å². The maximum absolute atomic E-state index is 11.9. The molecule has 0 heterocycles. The van der Waals surface area contributed by atoms with Crippen molar-refractivity contribution in [1.82, 2.24) is 10.6 Å². The van der Waals surface area contributed by atoms with Gasteiger partial charge in [-0.25, -0.2) is 4.79 Å². The highest BCUT2D eigenvalue weighted by molar-refractivity contribution is 5.99. The van der Waals surface area contributed by atoms with E-state index in [1.54, 1.807) is 19.9 Å². The molecule has 1 unspecified atom stereocenters. The summed E-state index contributed by atoms with van der Waals surface area (Å²) in [5, 5.41) is 23.4. The molecule has 1 rings (SSSR count).